The number of aromatic amines is 1. The van der Waals surface area contributed by atoms with Crippen LogP contribution in [0.5, 0.6) is 0 Å². The fraction of sp³-hybridized carbons (Fsp3) is 0.250. The van der Waals surface area contributed by atoms with Crippen molar-refractivity contribution in [2.45, 2.75) is 39.5 Å². The van der Waals surface area contributed by atoms with E-state index in [1.54, 1.807) is 12.1 Å². The van der Waals surface area contributed by atoms with Gasteiger partial charge < -0.3 is 23.5 Å². The maximum absolute atomic E-state index is 12.0. The van der Waals surface area contributed by atoms with Crippen molar-refractivity contribution in [1.82, 2.24) is 9.97 Å². The van der Waals surface area contributed by atoms with E-state index in [9.17, 15) is 10.1 Å². The van der Waals surface area contributed by atoms with Crippen molar-refractivity contribution in [2.75, 3.05) is 24.6 Å². The Bertz CT molecular complexity index is 2200. The number of unbranched alkanes of at least 4 members (excludes halogenated alkanes) is 1. The smallest absolute Gasteiger partial charge is 0.305 e. The van der Waals surface area contributed by atoms with E-state index in [4.69, 9.17) is 18.6 Å². The summed E-state index contributed by atoms with van der Waals surface area (Å²) in [6.45, 7) is 6.05. The van der Waals surface area contributed by atoms with Crippen LogP contribution in [0.15, 0.2) is 75.6 Å². The first-order chi connectivity index (χ1) is 21.6. The van der Waals surface area contributed by atoms with Crippen molar-refractivity contribution in [3.8, 4) is 17.5 Å². The number of nitriles is 1. The van der Waals surface area contributed by atoms with Crippen LogP contribution in [0, 0.1) is 11.3 Å². The van der Waals surface area contributed by atoms with Crippen LogP contribution in [0.25, 0.3) is 66.3 Å². The van der Waals surface area contributed by atoms with E-state index in [-0.39, 0.29) is 5.97 Å². The number of aromatic nitrogens is 2. The van der Waals surface area contributed by atoms with Crippen molar-refractivity contribution < 1.29 is 18.4 Å². The molecular weight excluding hydrogens is 552 g/mol. The Hall–Kier alpha value is -5.29. The van der Waals surface area contributed by atoms with Crippen LogP contribution in [0.2, 0.25) is 0 Å². The summed E-state index contributed by atoms with van der Waals surface area (Å²) in [5, 5.41) is 13.4. The summed E-state index contributed by atoms with van der Waals surface area (Å²) in [5.41, 5.74) is 7.01. The van der Waals surface area contributed by atoms with Gasteiger partial charge in [0.15, 0.2) is 5.58 Å². The van der Waals surface area contributed by atoms with Crippen LogP contribution in [-0.4, -0.2) is 35.6 Å². The van der Waals surface area contributed by atoms with E-state index >= 15 is 0 Å². The number of ether oxygens (including phenoxy) is 1. The third-order valence-electron chi connectivity index (χ3n) is 8.22. The van der Waals surface area contributed by atoms with Crippen LogP contribution in [-0.2, 0) is 9.53 Å². The first-order valence-electron chi connectivity index (χ1n) is 15.2. The van der Waals surface area contributed by atoms with E-state index in [0.717, 1.165) is 75.3 Å². The predicted molar refractivity (Wildman–Crippen MR) is 174 cm³/mol. The van der Waals surface area contributed by atoms with Gasteiger partial charge in [0.25, 0.3) is 0 Å². The van der Waals surface area contributed by atoms with Crippen LogP contribution in [0.1, 0.15) is 45.1 Å². The van der Waals surface area contributed by atoms with Gasteiger partial charge >= 0.3 is 5.97 Å². The molecule has 8 heteroatoms. The van der Waals surface area contributed by atoms with Crippen LogP contribution in [0.3, 0.4) is 0 Å². The number of hydrogen-bond donors (Lipinski definition) is 1. The topological polar surface area (TPSA) is 108 Å². The van der Waals surface area contributed by atoms with E-state index in [2.05, 4.69) is 53.2 Å². The van der Waals surface area contributed by atoms with Crippen LogP contribution < -0.4 is 4.90 Å². The quantitative estimate of drug-likeness (QED) is 0.160. The summed E-state index contributed by atoms with van der Waals surface area (Å²) in [4.78, 5) is 22.8. The van der Waals surface area contributed by atoms with Crippen LogP contribution in [0.4, 0.5) is 5.69 Å². The van der Waals surface area contributed by atoms with Gasteiger partial charge in [-0.2, -0.15) is 5.26 Å². The number of para-hydroxylation sites is 1. The second kappa shape index (κ2) is 11.4. The lowest BCUT2D eigenvalue weighted by Gasteiger charge is -2.24. The van der Waals surface area contributed by atoms with Gasteiger partial charge in [0.1, 0.15) is 11.1 Å². The molecule has 0 aliphatic heterocycles. The van der Waals surface area contributed by atoms with Crippen molar-refractivity contribution in [3.05, 3.63) is 72.3 Å². The highest BCUT2D eigenvalue weighted by Crippen LogP contribution is 2.45. The van der Waals surface area contributed by atoms with Gasteiger partial charge in [-0.3, -0.25) is 4.79 Å². The summed E-state index contributed by atoms with van der Waals surface area (Å²) in [6.07, 6.45) is 3.23. The van der Waals surface area contributed by atoms with Gasteiger partial charge in [-0.05, 0) is 62.2 Å². The highest BCUT2D eigenvalue weighted by Gasteiger charge is 2.24. The number of fused-ring (bicyclic) bond motifs is 10. The van der Waals surface area contributed by atoms with Crippen molar-refractivity contribution in [2.24, 2.45) is 0 Å². The fourth-order valence-electron chi connectivity index (χ4n) is 6.09. The Kier molecular flexibility index (Phi) is 7.15. The number of oxazole rings is 1. The molecule has 7 rings (SSSR count). The lowest BCUT2D eigenvalue weighted by molar-refractivity contribution is -0.143. The molecule has 0 fully saturated rings. The number of anilines is 1. The fourth-order valence-corrected chi connectivity index (χ4v) is 6.09. The van der Waals surface area contributed by atoms with Crippen molar-refractivity contribution in [3.63, 3.8) is 0 Å². The zero-order valence-corrected chi connectivity index (χ0v) is 24.8. The summed E-state index contributed by atoms with van der Waals surface area (Å²) in [5.74, 6) is 0.306. The number of rotatable bonds is 10. The number of hydrogen-bond acceptors (Lipinski definition) is 7. The Balaban J connectivity index is 1.40. The molecule has 0 radical (unpaired) electrons. The molecule has 0 saturated heterocycles. The lowest BCUT2D eigenvalue weighted by Crippen LogP contribution is -2.26. The third-order valence-corrected chi connectivity index (χ3v) is 8.22. The number of H-pyrrole nitrogens is 1. The number of nitrogens with one attached hydrogen (secondary N) is 1. The largest absolute Gasteiger partial charge is 0.466 e. The van der Waals surface area contributed by atoms with Gasteiger partial charge in [0.2, 0.25) is 11.5 Å². The molecule has 0 unspecified atom stereocenters. The van der Waals surface area contributed by atoms with Crippen LogP contribution >= 0.6 is 0 Å². The molecule has 0 spiro atoms. The summed E-state index contributed by atoms with van der Waals surface area (Å²) in [6, 6.07) is 24.0. The second-order valence-electron chi connectivity index (χ2n) is 11.0. The van der Waals surface area contributed by atoms with E-state index in [1.165, 1.54) is 0 Å². The van der Waals surface area contributed by atoms with E-state index in [0.29, 0.717) is 47.6 Å². The first-order valence-corrected chi connectivity index (χ1v) is 15.2. The molecule has 0 atom stereocenters. The molecule has 0 saturated carbocycles. The molecule has 4 aromatic carbocycles. The van der Waals surface area contributed by atoms with Gasteiger partial charge in [-0.15, -0.1) is 0 Å². The lowest BCUT2D eigenvalue weighted by atomic mass is 10.0. The zero-order valence-electron chi connectivity index (χ0n) is 24.8. The molecule has 44 heavy (non-hydrogen) atoms. The molecule has 0 aliphatic rings. The van der Waals surface area contributed by atoms with Crippen molar-refractivity contribution >= 4 is 66.5 Å². The molecule has 8 nitrogen and oxygen atoms in total. The maximum Gasteiger partial charge on any atom is 0.305 e. The number of carbonyl (C=O) groups is 1. The molecule has 0 amide bonds. The SMILES string of the molecule is CCCCN(CCCC(=O)OCC)c1ccc2c(c1)oc1c3oc(-c4ccc(C#N)cc4)nc3c3[nH]c4ccccc4c3c21. The number of esters is 1. The molecular formula is C36H32N4O4. The molecule has 3 heterocycles. The average Bonchev–Trinajstić information content (AvgIpc) is 3.76. The molecule has 7 aromatic rings. The predicted octanol–water partition coefficient (Wildman–Crippen LogP) is 8.85. The Labute approximate surface area is 253 Å². The normalized spacial score (nSPS) is 11.7. The number of benzene rings is 4. The van der Waals surface area contributed by atoms with Gasteiger partial charge in [-0.25, -0.2) is 4.98 Å². The number of nitrogens with zero attached hydrogens (tertiary/aromatic N) is 3. The Morgan fingerprint density at radius 2 is 1.77 bits per heavy atom. The van der Waals surface area contributed by atoms with Gasteiger partial charge in [0, 0.05) is 63.9 Å². The summed E-state index contributed by atoms with van der Waals surface area (Å²) in [7, 11) is 0. The number of carbonyl (C=O) groups excluding carboxylic acids is 1. The Morgan fingerprint density at radius 1 is 0.955 bits per heavy atom. The third kappa shape index (κ3) is 4.71. The monoisotopic (exact) mass is 584 g/mol. The molecule has 220 valence electrons. The minimum atomic E-state index is -0.158. The maximum atomic E-state index is 12.0. The molecule has 1 N–H and O–H groups in total. The van der Waals surface area contributed by atoms with Gasteiger partial charge in [-0.1, -0.05) is 31.5 Å². The zero-order chi connectivity index (χ0) is 30.2. The van der Waals surface area contributed by atoms with Gasteiger partial charge in [0.05, 0.1) is 23.8 Å². The highest BCUT2D eigenvalue weighted by atomic mass is 16.5. The summed E-state index contributed by atoms with van der Waals surface area (Å²) >= 11 is 0. The van der Waals surface area contributed by atoms with E-state index in [1.807, 2.05) is 31.2 Å². The standard InChI is InChI=1S/C36H32N4O4/c1-3-5-18-40(19-8-11-29(41)42-4-2)24-16-17-26-28(20-24)43-34-31(26)30-25-9-6-7-10-27(25)38-32(30)33-35(34)44-36(39-33)23-14-12-22(21-37)13-15-23/h6-7,9-10,12-17,20,38H,3-5,8,11,18-19H2,1-2H3. The Morgan fingerprint density at radius 3 is 2.57 bits per heavy atom. The first kappa shape index (κ1) is 27.5. The molecule has 0 aliphatic carbocycles. The average molecular weight is 585 g/mol. The molecule has 0 bridgehead atoms. The second-order valence-corrected chi connectivity index (χ2v) is 11.0. The minimum absolute atomic E-state index is 0.158. The van der Waals surface area contributed by atoms with Crippen molar-refractivity contribution in [1.29, 1.82) is 5.26 Å². The minimum Gasteiger partial charge on any atom is -0.466 e. The number of furan rings is 1. The highest BCUT2D eigenvalue weighted by molar-refractivity contribution is 6.34. The summed E-state index contributed by atoms with van der Waals surface area (Å²) < 4.78 is 18.2. The van der Waals surface area contributed by atoms with E-state index < -0.39 is 0 Å². The molecule has 3 aromatic heterocycles.